The number of thiophene rings is 1. The van der Waals surface area contributed by atoms with Crippen LogP contribution in [-0.2, 0) is 11.3 Å². The van der Waals surface area contributed by atoms with Crippen LogP contribution in [0.4, 0.5) is 0 Å². The Morgan fingerprint density at radius 2 is 2.25 bits per heavy atom. The van der Waals surface area contributed by atoms with Gasteiger partial charge in [0.2, 0.25) is 0 Å². The number of ether oxygens (including phenoxy) is 1. The smallest absolute Gasteiger partial charge is 0.0594 e. The Bertz CT molecular complexity index is 385. The fourth-order valence-corrected chi connectivity index (χ4v) is 2.55. The van der Waals surface area contributed by atoms with Crippen LogP contribution in [0.3, 0.4) is 0 Å². The number of nitrogens with zero attached hydrogens (tertiary/aromatic N) is 1. The largest absolute Gasteiger partial charge is 0.379 e. The molecule has 2 heterocycles. The second kappa shape index (κ2) is 6.02. The van der Waals surface area contributed by atoms with Crippen LogP contribution in [0, 0.1) is 11.8 Å². The molecule has 2 N–H and O–H groups in total. The molecule has 1 aromatic heterocycles. The molecule has 1 aromatic rings. The summed E-state index contributed by atoms with van der Waals surface area (Å²) in [5, 5.41) is 2.09. The minimum absolute atomic E-state index is 0.423. The van der Waals surface area contributed by atoms with Gasteiger partial charge in [-0.15, -0.1) is 11.3 Å². The molecule has 0 radical (unpaired) electrons. The van der Waals surface area contributed by atoms with E-state index in [-0.39, 0.29) is 0 Å². The van der Waals surface area contributed by atoms with E-state index < -0.39 is 0 Å². The van der Waals surface area contributed by atoms with Crippen molar-refractivity contribution in [3.05, 3.63) is 21.9 Å². The summed E-state index contributed by atoms with van der Waals surface area (Å²) < 4.78 is 5.33. The van der Waals surface area contributed by atoms with E-state index in [1.165, 1.54) is 4.88 Å². The predicted molar refractivity (Wildman–Crippen MR) is 66.3 cm³/mol. The molecular formula is C12H16N2OS. The van der Waals surface area contributed by atoms with Crippen LogP contribution in [0.1, 0.15) is 10.4 Å². The molecule has 0 aromatic carbocycles. The van der Waals surface area contributed by atoms with Gasteiger partial charge in [-0.3, -0.25) is 4.90 Å². The molecule has 1 aliphatic heterocycles. The molecule has 0 saturated carbocycles. The van der Waals surface area contributed by atoms with Gasteiger partial charge >= 0.3 is 0 Å². The number of hydrogen-bond donors (Lipinski definition) is 1. The van der Waals surface area contributed by atoms with Gasteiger partial charge in [0.15, 0.2) is 0 Å². The Balaban J connectivity index is 2.00. The van der Waals surface area contributed by atoms with Gasteiger partial charge in [0, 0.05) is 30.1 Å². The summed E-state index contributed by atoms with van der Waals surface area (Å²) in [6.45, 7) is 5.12. The lowest BCUT2D eigenvalue weighted by Gasteiger charge is -2.26. The van der Waals surface area contributed by atoms with E-state index in [9.17, 15) is 0 Å². The fourth-order valence-electron chi connectivity index (χ4n) is 1.68. The maximum Gasteiger partial charge on any atom is 0.0594 e. The molecule has 86 valence electrons. The quantitative estimate of drug-likeness (QED) is 0.775. The van der Waals surface area contributed by atoms with Crippen molar-refractivity contribution in [3.8, 4) is 11.8 Å². The minimum Gasteiger partial charge on any atom is -0.379 e. The van der Waals surface area contributed by atoms with Gasteiger partial charge in [0.1, 0.15) is 0 Å². The number of morpholine rings is 1. The third kappa shape index (κ3) is 3.06. The summed E-state index contributed by atoms with van der Waals surface area (Å²) in [4.78, 5) is 3.74. The average Bonchev–Trinajstić information content (AvgIpc) is 2.75. The Labute approximate surface area is 100 Å². The maximum atomic E-state index is 5.38. The lowest BCUT2D eigenvalue weighted by Crippen LogP contribution is -2.35. The fraction of sp³-hybridized carbons (Fsp3) is 0.500. The van der Waals surface area contributed by atoms with Gasteiger partial charge in [-0.25, -0.2) is 0 Å². The first kappa shape index (κ1) is 11.6. The molecule has 0 bridgehead atoms. The molecule has 1 fully saturated rings. The van der Waals surface area contributed by atoms with Crippen LogP contribution in [0.25, 0.3) is 0 Å². The Morgan fingerprint density at radius 3 is 3.00 bits per heavy atom. The summed E-state index contributed by atoms with van der Waals surface area (Å²) in [5.41, 5.74) is 6.51. The van der Waals surface area contributed by atoms with Crippen LogP contribution in [0.5, 0.6) is 0 Å². The van der Waals surface area contributed by atoms with Crippen molar-refractivity contribution in [3.63, 3.8) is 0 Å². The summed E-state index contributed by atoms with van der Waals surface area (Å²) in [7, 11) is 0. The van der Waals surface area contributed by atoms with E-state index in [0.717, 1.165) is 38.4 Å². The molecule has 2 rings (SSSR count). The van der Waals surface area contributed by atoms with Gasteiger partial charge in [0.25, 0.3) is 0 Å². The van der Waals surface area contributed by atoms with Gasteiger partial charge in [-0.2, -0.15) is 0 Å². The van der Waals surface area contributed by atoms with Crippen molar-refractivity contribution in [2.75, 3.05) is 32.8 Å². The predicted octanol–water partition coefficient (Wildman–Crippen LogP) is 0.891. The van der Waals surface area contributed by atoms with Crippen molar-refractivity contribution in [2.45, 2.75) is 6.54 Å². The first-order valence-corrected chi connectivity index (χ1v) is 6.33. The van der Waals surface area contributed by atoms with Crippen molar-refractivity contribution < 1.29 is 4.74 Å². The molecule has 0 atom stereocenters. The molecule has 4 heteroatoms. The van der Waals surface area contributed by atoms with Crippen molar-refractivity contribution in [1.29, 1.82) is 0 Å². The molecular weight excluding hydrogens is 220 g/mol. The first-order valence-electron chi connectivity index (χ1n) is 5.45. The zero-order valence-electron chi connectivity index (χ0n) is 9.24. The normalized spacial score (nSPS) is 16.8. The van der Waals surface area contributed by atoms with Gasteiger partial charge in [0.05, 0.1) is 19.8 Å². The summed E-state index contributed by atoms with van der Waals surface area (Å²) in [6.07, 6.45) is 0. The number of nitrogens with two attached hydrogens (primary N) is 1. The lowest BCUT2D eigenvalue weighted by molar-refractivity contribution is 0.0346. The highest BCUT2D eigenvalue weighted by atomic mass is 32.1. The topological polar surface area (TPSA) is 38.5 Å². The van der Waals surface area contributed by atoms with Gasteiger partial charge in [-0.05, 0) is 11.4 Å². The highest BCUT2D eigenvalue weighted by Crippen LogP contribution is 2.18. The maximum absolute atomic E-state index is 5.38. The van der Waals surface area contributed by atoms with Crippen LogP contribution in [-0.4, -0.2) is 37.7 Å². The standard InChI is InChI=1S/C12H16N2OS/c13-4-1-2-11-3-9-16-12(11)10-14-5-7-15-8-6-14/h3,9H,4-8,10,13H2. The molecule has 0 amide bonds. The van der Waals surface area contributed by atoms with E-state index in [1.807, 2.05) is 0 Å². The third-order valence-electron chi connectivity index (χ3n) is 2.54. The zero-order valence-corrected chi connectivity index (χ0v) is 10.1. The molecule has 3 nitrogen and oxygen atoms in total. The molecule has 0 aliphatic carbocycles. The van der Waals surface area contributed by atoms with E-state index in [4.69, 9.17) is 10.5 Å². The molecule has 1 saturated heterocycles. The van der Waals surface area contributed by atoms with Crippen molar-refractivity contribution in [1.82, 2.24) is 4.90 Å². The highest BCUT2D eigenvalue weighted by Gasteiger charge is 2.12. The summed E-state index contributed by atoms with van der Waals surface area (Å²) in [5.74, 6) is 6.03. The Kier molecular flexibility index (Phi) is 4.37. The van der Waals surface area contributed by atoms with Crippen molar-refractivity contribution >= 4 is 11.3 Å². The molecule has 1 aliphatic rings. The lowest BCUT2D eigenvalue weighted by atomic mass is 10.2. The first-order chi connectivity index (χ1) is 7.90. The Hall–Kier alpha value is -0.860. The van der Waals surface area contributed by atoms with Gasteiger partial charge < -0.3 is 10.5 Å². The number of hydrogen-bond acceptors (Lipinski definition) is 4. The highest BCUT2D eigenvalue weighted by molar-refractivity contribution is 7.10. The van der Waals surface area contributed by atoms with Gasteiger partial charge in [-0.1, -0.05) is 11.8 Å². The van der Waals surface area contributed by atoms with Crippen LogP contribution < -0.4 is 5.73 Å². The SMILES string of the molecule is NCC#Cc1ccsc1CN1CCOCC1. The van der Waals surface area contributed by atoms with Crippen LogP contribution in [0.2, 0.25) is 0 Å². The van der Waals surface area contributed by atoms with E-state index in [1.54, 1.807) is 11.3 Å². The minimum atomic E-state index is 0.423. The summed E-state index contributed by atoms with van der Waals surface area (Å²) >= 11 is 1.77. The third-order valence-corrected chi connectivity index (χ3v) is 3.45. The van der Waals surface area contributed by atoms with Crippen molar-refractivity contribution in [2.24, 2.45) is 5.73 Å². The van der Waals surface area contributed by atoms with E-state index in [2.05, 4.69) is 28.2 Å². The molecule has 16 heavy (non-hydrogen) atoms. The second-order valence-electron chi connectivity index (χ2n) is 3.65. The summed E-state index contributed by atoms with van der Waals surface area (Å²) in [6, 6.07) is 2.07. The monoisotopic (exact) mass is 236 g/mol. The van der Waals surface area contributed by atoms with Crippen LogP contribution in [0.15, 0.2) is 11.4 Å². The molecule has 0 spiro atoms. The zero-order chi connectivity index (χ0) is 11.2. The van der Waals surface area contributed by atoms with Crippen LogP contribution >= 0.6 is 11.3 Å². The van der Waals surface area contributed by atoms with E-state index in [0.29, 0.717) is 6.54 Å². The molecule has 0 unspecified atom stereocenters. The number of rotatable bonds is 2. The Morgan fingerprint density at radius 1 is 1.44 bits per heavy atom. The average molecular weight is 236 g/mol. The second-order valence-corrected chi connectivity index (χ2v) is 4.65. The van der Waals surface area contributed by atoms with E-state index >= 15 is 0 Å².